The number of amides is 2. The van der Waals surface area contributed by atoms with Crippen LogP contribution in [0.3, 0.4) is 0 Å². The van der Waals surface area contributed by atoms with Crippen molar-refractivity contribution in [1.82, 2.24) is 10.2 Å². The van der Waals surface area contributed by atoms with Gasteiger partial charge in [-0.1, -0.05) is 13.5 Å². The summed E-state index contributed by atoms with van der Waals surface area (Å²) in [4.78, 5) is 26.3. The molecule has 2 fully saturated rings. The monoisotopic (exact) mass is 250 g/mol. The number of rotatable bonds is 2. The first-order chi connectivity index (χ1) is 8.31. The summed E-state index contributed by atoms with van der Waals surface area (Å²) in [5.41, 5.74) is 0.0753. The number of hydrogen-bond acceptors (Lipinski definition) is 2. The van der Waals surface area contributed by atoms with Gasteiger partial charge in [0.05, 0.1) is 5.41 Å². The molecule has 2 rings (SSSR count). The van der Waals surface area contributed by atoms with Crippen LogP contribution < -0.4 is 5.32 Å². The number of likely N-dealkylation sites (tertiary alicyclic amines) is 1. The SMILES string of the molecule is C=C1CCC2(CC(=O)N(C(C)(C)CC)C2)C(=O)N1. The van der Waals surface area contributed by atoms with Crippen molar-refractivity contribution in [2.45, 2.75) is 52.0 Å². The van der Waals surface area contributed by atoms with Crippen molar-refractivity contribution in [2.75, 3.05) is 6.54 Å². The summed E-state index contributed by atoms with van der Waals surface area (Å²) in [7, 11) is 0. The number of nitrogens with one attached hydrogen (secondary N) is 1. The molecule has 2 saturated heterocycles. The molecule has 0 radical (unpaired) electrons. The lowest BCUT2D eigenvalue weighted by molar-refractivity contribution is -0.134. The number of piperidine rings is 1. The van der Waals surface area contributed by atoms with E-state index in [1.54, 1.807) is 0 Å². The molecule has 2 amide bonds. The Labute approximate surface area is 108 Å². The van der Waals surface area contributed by atoms with Gasteiger partial charge in [0.1, 0.15) is 0 Å². The van der Waals surface area contributed by atoms with Gasteiger partial charge in [-0.2, -0.15) is 0 Å². The van der Waals surface area contributed by atoms with E-state index in [-0.39, 0.29) is 17.4 Å². The fourth-order valence-electron chi connectivity index (χ4n) is 2.75. The van der Waals surface area contributed by atoms with Crippen LogP contribution in [0.2, 0.25) is 0 Å². The van der Waals surface area contributed by atoms with Crippen LogP contribution in [0.5, 0.6) is 0 Å². The molecule has 0 saturated carbocycles. The second-order valence-corrected chi connectivity index (χ2v) is 6.16. The van der Waals surface area contributed by atoms with E-state index in [0.717, 1.165) is 25.0 Å². The quantitative estimate of drug-likeness (QED) is 0.812. The molecule has 4 nitrogen and oxygen atoms in total. The zero-order chi connectivity index (χ0) is 13.6. The van der Waals surface area contributed by atoms with E-state index in [1.807, 2.05) is 4.90 Å². The van der Waals surface area contributed by atoms with E-state index in [2.05, 4.69) is 32.7 Å². The van der Waals surface area contributed by atoms with Crippen LogP contribution in [0.4, 0.5) is 0 Å². The number of carbonyl (C=O) groups is 2. The summed E-state index contributed by atoms with van der Waals surface area (Å²) in [6.45, 7) is 10.5. The molecule has 0 aromatic rings. The van der Waals surface area contributed by atoms with Gasteiger partial charge >= 0.3 is 0 Å². The van der Waals surface area contributed by atoms with Gasteiger partial charge in [0.25, 0.3) is 0 Å². The molecular formula is C14H22N2O2. The van der Waals surface area contributed by atoms with Crippen LogP contribution in [-0.2, 0) is 9.59 Å². The molecule has 1 N–H and O–H groups in total. The molecule has 4 heteroatoms. The molecule has 0 aromatic carbocycles. The minimum absolute atomic E-state index is 0.0264. The van der Waals surface area contributed by atoms with Crippen LogP contribution in [0.15, 0.2) is 12.3 Å². The summed E-state index contributed by atoms with van der Waals surface area (Å²) in [6.07, 6.45) is 2.75. The summed E-state index contributed by atoms with van der Waals surface area (Å²) in [5.74, 6) is 0.0750. The Morgan fingerprint density at radius 3 is 2.67 bits per heavy atom. The first-order valence-electron chi connectivity index (χ1n) is 6.60. The summed E-state index contributed by atoms with van der Waals surface area (Å²) in [5, 5.41) is 2.81. The molecule has 2 heterocycles. The Morgan fingerprint density at radius 1 is 1.44 bits per heavy atom. The molecule has 2 aliphatic heterocycles. The molecule has 1 atom stereocenters. The van der Waals surface area contributed by atoms with E-state index in [9.17, 15) is 9.59 Å². The van der Waals surface area contributed by atoms with Gasteiger partial charge in [0, 0.05) is 24.2 Å². The second kappa shape index (κ2) is 4.11. The predicted octanol–water partition coefficient (Wildman–Crippen LogP) is 1.82. The van der Waals surface area contributed by atoms with Crippen molar-refractivity contribution < 1.29 is 9.59 Å². The highest BCUT2D eigenvalue weighted by atomic mass is 16.2. The van der Waals surface area contributed by atoms with Crippen LogP contribution >= 0.6 is 0 Å². The van der Waals surface area contributed by atoms with Gasteiger partial charge in [-0.3, -0.25) is 9.59 Å². The third-order valence-corrected chi connectivity index (χ3v) is 4.52. The Bertz CT molecular complexity index is 414. The molecule has 0 aliphatic carbocycles. The minimum Gasteiger partial charge on any atom is -0.336 e. The summed E-state index contributed by atoms with van der Waals surface area (Å²) in [6, 6.07) is 0. The largest absolute Gasteiger partial charge is 0.336 e. The maximum Gasteiger partial charge on any atom is 0.232 e. The standard InChI is InChI=1S/C14H22N2O2/c1-5-13(3,4)16-9-14(8-11(16)17)7-6-10(2)15-12(14)18/h2,5-9H2,1,3-4H3,(H,15,18). The predicted molar refractivity (Wildman–Crippen MR) is 69.6 cm³/mol. The summed E-state index contributed by atoms with van der Waals surface area (Å²) < 4.78 is 0. The number of carbonyl (C=O) groups excluding carboxylic acids is 2. The van der Waals surface area contributed by atoms with Gasteiger partial charge < -0.3 is 10.2 Å². The van der Waals surface area contributed by atoms with Crippen molar-refractivity contribution in [3.63, 3.8) is 0 Å². The molecule has 1 spiro atoms. The van der Waals surface area contributed by atoms with Crippen molar-refractivity contribution in [1.29, 1.82) is 0 Å². The second-order valence-electron chi connectivity index (χ2n) is 6.16. The van der Waals surface area contributed by atoms with Crippen LogP contribution in [0, 0.1) is 5.41 Å². The maximum atomic E-state index is 12.2. The number of nitrogens with zero attached hydrogens (tertiary/aromatic N) is 1. The number of allylic oxidation sites excluding steroid dienone is 1. The molecule has 0 aromatic heterocycles. The average Bonchev–Trinajstić information content (AvgIpc) is 2.64. The highest BCUT2D eigenvalue weighted by Gasteiger charge is 2.52. The first-order valence-corrected chi connectivity index (χ1v) is 6.60. The lowest BCUT2D eigenvalue weighted by atomic mass is 9.78. The molecule has 100 valence electrons. The smallest absolute Gasteiger partial charge is 0.232 e. The Morgan fingerprint density at radius 2 is 2.11 bits per heavy atom. The van der Waals surface area contributed by atoms with Gasteiger partial charge in [0.15, 0.2) is 0 Å². The molecular weight excluding hydrogens is 228 g/mol. The zero-order valence-corrected chi connectivity index (χ0v) is 11.5. The van der Waals surface area contributed by atoms with Crippen LogP contribution in [0.25, 0.3) is 0 Å². The fraction of sp³-hybridized carbons (Fsp3) is 0.714. The topological polar surface area (TPSA) is 49.4 Å². The molecule has 1 unspecified atom stereocenters. The normalized spacial score (nSPS) is 29.1. The molecule has 0 bridgehead atoms. The Hall–Kier alpha value is -1.32. The highest BCUT2D eigenvalue weighted by Crippen LogP contribution is 2.42. The third kappa shape index (κ3) is 1.93. The van der Waals surface area contributed by atoms with E-state index in [0.29, 0.717) is 13.0 Å². The maximum absolute atomic E-state index is 12.2. The lowest BCUT2D eigenvalue weighted by Gasteiger charge is -2.38. The van der Waals surface area contributed by atoms with E-state index in [1.165, 1.54) is 0 Å². The lowest BCUT2D eigenvalue weighted by Crippen LogP contribution is -2.49. The van der Waals surface area contributed by atoms with Crippen LogP contribution in [0.1, 0.15) is 46.5 Å². The zero-order valence-electron chi connectivity index (χ0n) is 11.5. The van der Waals surface area contributed by atoms with Crippen LogP contribution in [-0.4, -0.2) is 28.8 Å². The molecule has 2 aliphatic rings. The Balaban J connectivity index is 2.22. The third-order valence-electron chi connectivity index (χ3n) is 4.52. The van der Waals surface area contributed by atoms with Gasteiger partial charge in [-0.05, 0) is 33.1 Å². The van der Waals surface area contributed by atoms with Gasteiger partial charge in [0.2, 0.25) is 11.8 Å². The highest BCUT2D eigenvalue weighted by molar-refractivity contribution is 5.94. The summed E-state index contributed by atoms with van der Waals surface area (Å²) >= 11 is 0. The number of hydrogen-bond donors (Lipinski definition) is 1. The van der Waals surface area contributed by atoms with Crippen molar-refractivity contribution in [2.24, 2.45) is 5.41 Å². The van der Waals surface area contributed by atoms with Gasteiger partial charge in [-0.15, -0.1) is 0 Å². The molecule has 18 heavy (non-hydrogen) atoms. The van der Waals surface area contributed by atoms with Crippen molar-refractivity contribution in [3.8, 4) is 0 Å². The first kappa shape index (κ1) is 13.1. The van der Waals surface area contributed by atoms with Crippen molar-refractivity contribution >= 4 is 11.8 Å². The average molecular weight is 250 g/mol. The minimum atomic E-state index is -0.523. The van der Waals surface area contributed by atoms with E-state index < -0.39 is 5.41 Å². The van der Waals surface area contributed by atoms with E-state index >= 15 is 0 Å². The Kier molecular flexibility index (Phi) is 2.99. The van der Waals surface area contributed by atoms with E-state index in [4.69, 9.17) is 0 Å². The van der Waals surface area contributed by atoms with Crippen molar-refractivity contribution in [3.05, 3.63) is 12.3 Å². The van der Waals surface area contributed by atoms with Gasteiger partial charge in [-0.25, -0.2) is 0 Å². The fourth-order valence-corrected chi connectivity index (χ4v) is 2.75.